The third-order valence-corrected chi connectivity index (χ3v) is 9.07. The topological polar surface area (TPSA) is 104 Å². The van der Waals surface area contributed by atoms with E-state index in [9.17, 15) is 21.6 Å². The molecule has 1 amide bonds. The zero-order valence-corrected chi connectivity index (χ0v) is 19.5. The molecular formula is C20H24ClN3O5S2. The second kappa shape index (κ2) is 9.25. The molecule has 11 heteroatoms. The van der Waals surface area contributed by atoms with E-state index in [4.69, 9.17) is 11.6 Å². The summed E-state index contributed by atoms with van der Waals surface area (Å²) in [5.41, 5.74) is 0.445. The highest BCUT2D eigenvalue weighted by Crippen LogP contribution is 2.26. The van der Waals surface area contributed by atoms with Gasteiger partial charge < -0.3 is 5.32 Å². The van der Waals surface area contributed by atoms with Crippen LogP contribution in [-0.4, -0.2) is 58.5 Å². The summed E-state index contributed by atoms with van der Waals surface area (Å²) >= 11 is 5.84. The van der Waals surface area contributed by atoms with Crippen molar-refractivity contribution in [2.45, 2.75) is 22.6 Å². The molecule has 0 aliphatic carbocycles. The number of rotatable bonds is 6. The Morgan fingerprint density at radius 1 is 1.00 bits per heavy atom. The lowest BCUT2D eigenvalue weighted by Crippen LogP contribution is -2.43. The fraction of sp³-hybridized carbons (Fsp3) is 0.350. The Balaban J connectivity index is 1.69. The molecule has 1 fully saturated rings. The van der Waals surface area contributed by atoms with E-state index in [1.165, 1.54) is 66.9 Å². The highest BCUT2D eigenvalue weighted by atomic mass is 35.5. The Bertz CT molecular complexity index is 1150. The molecule has 1 heterocycles. The summed E-state index contributed by atoms with van der Waals surface area (Å²) in [4.78, 5) is 13.0. The largest absolute Gasteiger partial charge is 0.326 e. The minimum absolute atomic E-state index is 0.0733. The molecular weight excluding hydrogens is 462 g/mol. The van der Waals surface area contributed by atoms with E-state index in [0.29, 0.717) is 30.1 Å². The molecule has 168 valence electrons. The van der Waals surface area contributed by atoms with Crippen LogP contribution < -0.4 is 5.32 Å². The Kier molecular flexibility index (Phi) is 7.07. The third kappa shape index (κ3) is 5.27. The highest BCUT2D eigenvalue weighted by molar-refractivity contribution is 7.89. The van der Waals surface area contributed by atoms with Gasteiger partial charge in [-0.15, -0.1) is 0 Å². The van der Waals surface area contributed by atoms with E-state index in [-0.39, 0.29) is 22.2 Å². The first-order valence-corrected chi connectivity index (χ1v) is 12.9. The number of hydrogen-bond acceptors (Lipinski definition) is 5. The van der Waals surface area contributed by atoms with E-state index in [0.717, 1.165) is 4.31 Å². The molecule has 1 aliphatic heterocycles. The van der Waals surface area contributed by atoms with Gasteiger partial charge in [-0.3, -0.25) is 4.79 Å². The minimum atomic E-state index is -3.72. The van der Waals surface area contributed by atoms with Crippen LogP contribution in [0, 0.1) is 5.92 Å². The van der Waals surface area contributed by atoms with Crippen LogP contribution in [0.2, 0.25) is 5.02 Å². The molecule has 1 aliphatic rings. The van der Waals surface area contributed by atoms with Crippen molar-refractivity contribution >= 4 is 43.2 Å². The van der Waals surface area contributed by atoms with Crippen LogP contribution in [0.25, 0.3) is 0 Å². The fourth-order valence-electron chi connectivity index (χ4n) is 3.30. The first-order valence-electron chi connectivity index (χ1n) is 9.61. The Morgan fingerprint density at radius 2 is 1.58 bits per heavy atom. The number of carbonyl (C=O) groups is 1. The average molecular weight is 486 g/mol. The summed E-state index contributed by atoms with van der Waals surface area (Å²) in [6.45, 7) is 0.412. The van der Waals surface area contributed by atoms with Crippen LogP contribution in [0.4, 0.5) is 5.69 Å². The van der Waals surface area contributed by atoms with Gasteiger partial charge in [0.1, 0.15) is 0 Å². The van der Waals surface area contributed by atoms with Gasteiger partial charge in [-0.25, -0.2) is 21.1 Å². The molecule has 1 unspecified atom stereocenters. The number of hydrogen-bond donors (Lipinski definition) is 1. The Hall–Kier alpha value is -1.98. The molecule has 2 aromatic carbocycles. The number of benzene rings is 2. The van der Waals surface area contributed by atoms with Gasteiger partial charge in [0, 0.05) is 37.9 Å². The van der Waals surface area contributed by atoms with E-state index >= 15 is 0 Å². The van der Waals surface area contributed by atoms with Crippen LogP contribution in [0.1, 0.15) is 12.8 Å². The van der Waals surface area contributed by atoms with E-state index in [2.05, 4.69) is 5.32 Å². The summed E-state index contributed by atoms with van der Waals surface area (Å²) in [5, 5.41) is 3.20. The zero-order valence-electron chi connectivity index (χ0n) is 17.2. The molecule has 0 radical (unpaired) electrons. The van der Waals surface area contributed by atoms with Crippen molar-refractivity contribution in [2.24, 2.45) is 5.92 Å². The lowest BCUT2D eigenvalue weighted by Gasteiger charge is -2.31. The van der Waals surface area contributed by atoms with Gasteiger partial charge in [0.05, 0.1) is 15.7 Å². The predicted molar refractivity (Wildman–Crippen MR) is 119 cm³/mol. The third-order valence-electron chi connectivity index (χ3n) is 5.11. The number of nitrogens with zero attached hydrogens (tertiary/aromatic N) is 2. The first kappa shape index (κ1) is 23.7. The molecule has 0 spiro atoms. The van der Waals surface area contributed by atoms with Gasteiger partial charge in [0.25, 0.3) is 0 Å². The van der Waals surface area contributed by atoms with E-state index in [1.807, 2.05) is 0 Å². The number of anilines is 1. The normalized spacial score (nSPS) is 18.1. The van der Waals surface area contributed by atoms with Gasteiger partial charge in [-0.1, -0.05) is 11.6 Å². The highest BCUT2D eigenvalue weighted by Gasteiger charge is 2.33. The Labute approximate surface area is 187 Å². The number of sulfonamides is 2. The lowest BCUT2D eigenvalue weighted by molar-refractivity contribution is -0.120. The van der Waals surface area contributed by atoms with E-state index in [1.54, 1.807) is 0 Å². The maximum atomic E-state index is 12.9. The van der Waals surface area contributed by atoms with Crippen molar-refractivity contribution in [2.75, 3.05) is 32.5 Å². The van der Waals surface area contributed by atoms with Crippen molar-refractivity contribution in [3.05, 3.63) is 53.6 Å². The maximum Gasteiger partial charge on any atom is 0.243 e. The van der Waals surface area contributed by atoms with Crippen molar-refractivity contribution < 1.29 is 21.6 Å². The van der Waals surface area contributed by atoms with Gasteiger partial charge in [-0.2, -0.15) is 4.31 Å². The molecule has 0 bridgehead atoms. The number of piperidine rings is 1. The molecule has 0 saturated carbocycles. The summed E-state index contributed by atoms with van der Waals surface area (Å²) in [5.74, 6) is -0.819. The van der Waals surface area contributed by atoms with Gasteiger partial charge >= 0.3 is 0 Å². The number of halogens is 1. The van der Waals surface area contributed by atoms with Crippen LogP contribution in [0.5, 0.6) is 0 Å². The lowest BCUT2D eigenvalue weighted by atomic mass is 9.99. The molecule has 1 atom stereocenters. The summed E-state index contributed by atoms with van der Waals surface area (Å²) in [7, 11) is -4.40. The molecule has 31 heavy (non-hydrogen) atoms. The monoisotopic (exact) mass is 485 g/mol. The van der Waals surface area contributed by atoms with Crippen LogP contribution in [0.15, 0.2) is 58.3 Å². The second-order valence-electron chi connectivity index (χ2n) is 7.46. The number of carbonyl (C=O) groups excluding carboxylic acids is 1. The minimum Gasteiger partial charge on any atom is -0.326 e. The predicted octanol–water partition coefficient (Wildman–Crippen LogP) is 2.63. The van der Waals surface area contributed by atoms with Gasteiger partial charge in [-0.05, 0) is 61.4 Å². The zero-order chi connectivity index (χ0) is 22.8. The Morgan fingerprint density at radius 3 is 2.16 bits per heavy atom. The van der Waals surface area contributed by atoms with Crippen molar-refractivity contribution in [1.82, 2.24) is 8.61 Å². The molecule has 1 N–H and O–H groups in total. The van der Waals surface area contributed by atoms with Crippen LogP contribution in [-0.2, 0) is 24.8 Å². The van der Waals surface area contributed by atoms with E-state index < -0.39 is 26.0 Å². The maximum absolute atomic E-state index is 12.9. The number of nitrogens with one attached hydrogen (secondary N) is 1. The molecule has 3 rings (SSSR count). The molecule has 1 saturated heterocycles. The molecule has 8 nitrogen and oxygen atoms in total. The van der Waals surface area contributed by atoms with Crippen LogP contribution >= 0.6 is 11.6 Å². The number of amides is 1. The molecule has 0 aromatic heterocycles. The molecule has 2 aromatic rings. The van der Waals surface area contributed by atoms with Crippen molar-refractivity contribution in [3.8, 4) is 0 Å². The van der Waals surface area contributed by atoms with Crippen LogP contribution in [0.3, 0.4) is 0 Å². The quantitative estimate of drug-likeness (QED) is 0.677. The second-order valence-corrected chi connectivity index (χ2v) is 12.0. The standard InChI is InChI=1S/C20H24ClN3O5S2/c1-23(2)30(26,27)18-11-7-17(8-12-18)22-20(25)15-4-3-13-24(14-15)31(28,29)19-9-5-16(21)6-10-19/h5-12,15H,3-4,13-14H2,1-2H3,(H,22,25). The van der Waals surface area contributed by atoms with Gasteiger partial charge in [0.2, 0.25) is 26.0 Å². The average Bonchev–Trinajstić information content (AvgIpc) is 2.74. The van der Waals surface area contributed by atoms with Crippen molar-refractivity contribution in [3.63, 3.8) is 0 Å². The fourth-order valence-corrected chi connectivity index (χ4v) is 5.85. The van der Waals surface area contributed by atoms with Gasteiger partial charge in [0.15, 0.2) is 0 Å². The summed E-state index contributed by atoms with van der Waals surface area (Å²) in [6.07, 6.45) is 1.12. The summed E-state index contributed by atoms with van der Waals surface area (Å²) in [6, 6.07) is 11.8. The first-order chi connectivity index (χ1) is 14.5. The summed E-state index contributed by atoms with van der Waals surface area (Å²) < 4.78 is 52.5. The SMILES string of the molecule is CN(C)S(=O)(=O)c1ccc(NC(=O)C2CCCN(S(=O)(=O)c3ccc(Cl)cc3)C2)cc1. The van der Waals surface area contributed by atoms with Crippen molar-refractivity contribution in [1.29, 1.82) is 0 Å². The smallest absolute Gasteiger partial charge is 0.243 e.